The van der Waals surface area contributed by atoms with Crippen LogP contribution < -0.4 is 15.4 Å². The summed E-state index contributed by atoms with van der Waals surface area (Å²) in [6.07, 6.45) is 0.252. The van der Waals surface area contributed by atoms with Crippen LogP contribution in [0.15, 0.2) is 0 Å². The van der Waals surface area contributed by atoms with Crippen molar-refractivity contribution in [1.29, 1.82) is 0 Å². The fourth-order valence-electron chi connectivity index (χ4n) is 1.25. The smallest absolute Gasteiger partial charge is 0.197 e. The lowest BCUT2D eigenvalue weighted by atomic mass is 10.4. The summed E-state index contributed by atoms with van der Waals surface area (Å²) in [5, 5.41) is 0.937. The Labute approximate surface area is 100 Å². The SMILES string of the molecule is COc1c(N)nsc1N(C)CCOC(C)C. The van der Waals surface area contributed by atoms with E-state index in [2.05, 4.69) is 4.37 Å². The summed E-state index contributed by atoms with van der Waals surface area (Å²) in [6, 6.07) is 0. The number of aromatic nitrogens is 1. The van der Waals surface area contributed by atoms with Crippen molar-refractivity contribution in [1.82, 2.24) is 4.37 Å². The quantitative estimate of drug-likeness (QED) is 0.824. The number of nitrogen functional groups attached to an aromatic ring is 1. The summed E-state index contributed by atoms with van der Waals surface area (Å²) in [6.45, 7) is 5.50. The van der Waals surface area contributed by atoms with E-state index in [9.17, 15) is 0 Å². The Balaban J connectivity index is 2.55. The van der Waals surface area contributed by atoms with E-state index in [0.717, 1.165) is 11.5 Å². The van der Waals surface area contributed by atoms with Crippen LogP contribution in [0.4, 0.5) is 10.8 Å². The van der Waals surface area contributed by atoms with Crippen LogP contribution in [0.3, 0.4) is 0 Å². The van der Waals surface area contributed by atoms with Crippen molar-refractivity contribution in [3.8, 4) is 5.75 Å². The van der Waals surface area contributed by atoms with Crippen LogP contribution >= 0.6 is 11.5 Å². The highest BCUT2D eigenvalue weighted by Crippen LogP contribution is 2.36. The van der Waals surface area contributed by atoms with Gasteiger partial charge >= 0.3 is 0 Å². The number of nitrogens with two attached hydrogens (primary N) is 1. The second-order valence-corrected chi connectivity index (χ2v) is 4.50. The third-order valence-corrected chi connectivity index (χ3v) is 3.04. The molecule has 0 amide bonds. The number of hydrogen-bond acceptors (Lipinski definition) is 6. The van der Waals surface area contributed by atoms with E-state index in [1.807, 2.05) is 25.8 Å². The van der Waals surface area contributed by atoms with Gasteiger partial charge in [-0.15, -0.1) is 0 Å². The van der Waals surface area contributed by atoms with Gasteiger partial charge in [0.2, 0.25) is 0 Å². The van der Waals surface area contributed by atoms with Gasteiger partial charge in [0, 0.05) is 13.6 Å². The van der Waals surface area contributed by atoms with Crippen LogP contribution in [0, 0.1) is 0 Å². The Morgan fingerprint density at radius 3 is 2.75 bits per heavy atom. The zero-order valence-electron chi connectivity index (χ0n) is 10.2. The largest absolute Gasteiger partial charge is 0.490 e. The van der Waals surface area contributed by atoms with Crippen molar-refractivity contribution in [2.24, 2.45) is 0 Å². The zero-order valence-corrected chi connectivity index (χ0v) is 11.0. The first-order valence-electron chi connectivity index (χ1n) is 5.18. The number of likely N-dealkylation sites (N-methyl/N-ethyl adjacent to an activating group) is 1. The van der Waals surface area contributed by atoms with E-state index in [-0.39, 0.29) is 6.10 Å². The molecule has 1 aromatic rings. The summed E-state index contributed by atoms with van der Waals surface area (Å²) in [5.74, 6) is 1.09. The van der Waals surface area contributed by atoms with Crippen molar-refractivity contribution >= 4 is 22.4 Å². The maximum Gasteiger partial charge on any atom is 0.197 e. The average Bonchev–Trinajstić information content (AvgIpc) is 2.58. The highest BCUT2D eigenvalue weighted by molar-refractivity contribution is 7.11. The van der Waals surface area contributed by atoms with Gasteiger partial charge < -0.3 is 20.1 Å². The molecule has 0 bridgehead atoms. The van der Waals surface area contributed by atoms with Gasteiger partial charge in [-0.05, 0) is 25.4 Å². The average molecular weight is 245 g/mol. The summed E-state index contributed by atoms with van der Waals surface area (Å²) >= 11 is 1.34. The third-order valence-electron chi connectivity index (χ3n) is 2.09. The Hall–Kier alpha value is -1.01. The molecule has 0 aliphatic rings. The van der Waals surface area contributed by atoms with Crippen LogP contribution in [0.25, 0.3) is 0 Å². The summed E-state index contributed by atoms with van der Waals surface area (Å²) < 4.78 is 14.8. The predicted molar refractivity (Wildman–Crippen MR) is 67.4 cm³/mol. The normalized spacial score (nSPS) is 10.8. The first-order chi connectivity index (χ1) is 7.56. The Bertz CT molecular complexity index is 328. The van der Waals surface area contributed by atoms with Crippen molar-refractivity contribution in [3.63, 3.8) is 0 Å². The summed E-state index contributed by atoms with van der Waals surface area (Å²) in [7, 11) is 3.57. The molecule has 6 heteroatoms. The molecule has 0 fully saturated rings. The lowest BCUT2D eigenvalue weighted by molar-refractivity contribution is 0.0846. The van der Waals surface area contributed by atoms with E-state index in [1.54, 1.807) is 7.11 Å². The van der Waals surface area contributed by atoms with Gasteiger partial charge in [-0.2, -0.15) is 4.37 Å². The van der Waals surface area contributed by atoms with E-state index in [1.165, 1.54) is 11.5 Å². The second kappa shape index (κ2) is 5.91. The lowest BCUT2D eigenvalue weighted by Gasteiger charge is -2.18. The predicted octanol–water partition coefficient (Wildman–Crippen LogP) is 1.60. The van der Waals surface area contributed by atoms with E-state index < -0.39 is 0 Å². The second-order valence-electron chi connectivity index (χ2n) is 3.75. The number of ether oxygens (including phenoxy) is 2. The highest BCUT2D eigenvalue weighted by Gasteiger charge is 2.15. The summed E-state index contributed by atoms with van der Waals surface area (Å²) in [5.41, 5.74) is 5.68. The minimum atomic E-state index is 0.252. The van der Waals surface area contributed by atoms with E-state index in [0.29, 0.717) is 18.2 Å². The molecular formula is C10H19N3O2S. The molecule has 92 valence electrons. The van der Waals surface area contributed by atoms with Crippen molar-refractivity contribution in [2.75, 3.05) is 37.9 Å². The molecule has 0 saturated carbocycles. The molecule has 1 heterocycles. The van der Waals surface area contributed by atoms with Gasteiger partial charge in [0.25, 0.3) is 0 Å². The minimum absolute atomic E-state index is 0.252. The number of hydrogen-bond donors (Lipinski definition) is 1. The van der Waals surface area contributed by atoms with Gasteiger partial charge in [-0.3, -0.25) is 0 Å². The van der Waals surface area contributed by atoms with Crippen molar-refractivity contribution < 1.29 is 9.47 Å². The van der Waals surface area contributed by atoms with Crippen LogP contribution in [-0.4, -0.2) is 37.8 Å². The molecule has 0 unspecified atom stereocenters. The fourth-order valence-corrected chi connectivity index (χ4v) is 2.02. The molecule has 0 aliphatic carbocycles. The molecule has 0 radical (unpaired) electrons. The number of rotatable bonds is 6. The molecule has 0 saturated heterocycles. The molecule has 16 heavy (non-hydrogen) atoms. The first-order valence-corrected chi connectivity index (χ1v) is 5.95. The summed E-state index contributed by atoms with van der Waals surface area (Å²) in [4.78, 5) is 2.04. The van der Waals surface area contributed by atoms with Gasteiger partial charge in [0.1, 0.15) is 0 Å². The minimum Gasteiger partial charge on any atom is -0.490 e. The first kappa shape index (κ1) is 13.1. The highest BCUT2D eigenvalue weighted by atomic mass is 32.1. The molecule has 2 N–H and O–H groups in total. The monoisotopic (exact) mass is 245 g/mol. The van der Waals surface area contributed by atoms with Gasteiger partial charge in [-0.1, -0.05) is 0 Å². The molecule has 5 nitrogen and oxygen atoms in total. The van der Waals surface area contributed by atoms with Crippen LogP contribution in [0.1, 0.15) is 13.8 Å². The van der Waals surface area contributed by atoms with Gasteiger partial charge in [0.15, 0.2) is 16.6 Å². The Morgan fingerprint density at radius 1 is 1.50 bits per heavy atom. The van der Waals surface area contributed by atoms with E-state index >= 15 is 0 Å². The molecule has 0 atom stereocenters. The Kier molecular flexibility index (Phi) is 4.82. The number of anilines is 2. The maximum absolute atomic E-state index is 5.68. The third kappa shape index (κ3) is 3.24. The lowest BCUT2D eigenvalue weighted by Crippen LogP contribution is -2.23. The van der Waals surface area contributed by atoms with Crippen molar-refractivity contribution in [3.05, 3.63) is 0 Å². The topological polar surface area (TPSA) is 60.6 Å². The molecule has 1 aromatic heterocycles. The van der Waals surface area contributed by atoms with Crippen LogP contribution in [0.2, 0.25) is 0 Å². The van der Waals surface area contributed by atoms with Crippen LogP contribution in [0.5, 0.6) is 5.75 Å². The molecule has 0 spiro atoms. The molecule has 0 aromatic carbocycles. The zero-order chi connectivity index (χ0) is 12.1. The molecular weight excluding hydrogens is 226 g/mol. The maximum atomic E-state index is 5.68. The molecule has 1 rings (SSSR count). The number of methoxy groups -OCH3 is 1. The standard InChI is InChI=1S/C10H19N3O2S/c1-7(2)15-6-5-13(3)10-8(14-4)9(11)12-16-10/h7H,5-6H2,1-4H3,(H2,11,12). The van der Waals surface area contributed by atoms with Gasteiger partial charge in [0.05, 0.1) is 19.8 Å². The van der Waals surface area contributed by atoms with Gasteiger partial charge in [-0.25, -0.2) is 0 Å². The van der Waals surface area contributed by atoms with E-state index in [4.69, 9.17) is 15.2 Å². The van der Waals surface area contributed by atoms with Crippen molar-refractivity contribution in [2.45, 2.75) is 20.0 Å². The molecule has 0 aliphatic heterocycles. The van der Waals surface area contributed by atoms with Crippen LogP contribution in [-0.2, 0) is 4.74 Å². The number of nitrogens with zero attached hydrogens (tertiary/aromatic N) is 2. The Morgan fingerprint density at radius 2 is 2.19 bits per heavy atom. The fraction of sp³-hybridized carbons (Fsp3) is 0.700.